The van der Waals surface area contributed by atoms with Gasteiger partial charge >= 0.3 is 16.1 Å². The third-order valence-electron chi connectivity index (χ3n) is 5.46. The van der Waals surface area contributed by atoms with Crippen LogP contribution in [0.5, 0.6) is 0 Å². The van der Waals surface area contributed by atoms with Crippen molar-refractivity contribution >= 4 is 65.1 Å². The summed E-state index contributed by atoms with van der Waals surface area (Å²) in [5, 5.41) is -0.743. The van der Waals surface area contributed by atoms with Gasteiger partial charge in [-0.15, -0.1) is 23.2 Å². The summed E-state index contributed by atoms with van der Waals surface area (Å²) in [7, 11) is -6.16. The summed E-state index contributed by atoms with van der Waals surface area (Å²) < 4.78 is 39.4. The van der Waals surface area contributed by atoms with Crippen LogP contribution in [0.3, 0.4) is 0 Å². The number of hydrogen-bond donors (Lipinski definition) is 0. The molecule has 1 aliphatic rings. The second-order valence-electron chi connectivity index (χ2n) is 9.23. The summed E-state index contributed by atoms with van der Waals surface area (Å²) in [6, 6.07) is 0. The molecule has 186 valence electrons. The molecule has 0 aromatic carbocycles. The van der Waals surface area contributed by atoms with Crippen molar-refractivity contribution in [2.45, 2.75) is 69.7 Å². The molecule has 0 aromatic rings. The monoisotopic (exact) mass is 551 g/mol. The van der Waals surface area contributed by atoms with Crippen molar-refractivity contribution in [1.29, 1.82) is 0 Å². The number of ether oxygens (including phenoxy) is 1. The number of esters is 1. The largest absolute Gasteiger partial charge is 0.459 e. The van der Waals surface area contributed by atoms with E-state index in [9.17, 15) is 18.0 Å². The molecule has 0 bridgehead atoms. The highest BCUT2D eigenvalue weighted by molar-refractivity contribution is 7.86. The molecule has 4 atom stereocenters. The van der Waals surface area contributed by atoms with Gasteiger partial charge in [-0.2, -0.15) is 8.42 Å². The molecular formula is C19H32Cl3NO7SSi. The van der Waals surface area contributed by atoms with Gasteiger partial charge in [0.05, 0.1) is 23.7 Å². The van der Waals surface area contributed by atoms with Crippen LogP contribution in [0.1, 0.15) is 34.6 Å². The molecule has 1 saturated heterocycles. The molecule has 0 N–H and O–H groups in total. The van der Waals surface area contributed by atoms with Crippen LogP contribution in [0.2, 0.25) is 18.1 Å². The SMILES string of the molecule is C/C(OS(C)(=O)=O)=C(/C(=O)OCC(Cl)CCl)N1C(=O)[C@H]([C@@H](C)O[Si](C)(C)C(C)(C)C)[C@H]1Cl. The van der Waals surface area contributed by atoms with Crippen molar-refractivity contribution in [2.24, 2.45) is 5.92 Å². The lowest BCUT2D eigenvalue weighted by Gasteiger charge is -2.48. The van der Waals surface area contributed by atoms with E-state index in [0.717, 1.165) is 11.2 Å². The number of halogens is 3. The van der Waals surface area contributed by atoms with Crippen LogP contribution in [0.25, 0.3) is 0 Å². The molecule has 0 aromatic heterocycles. The maximum Gasteiger partial charge on any atom is 0.358 e. The molecule has 1 aliphatic heterocycles. The van der Waals surface area contributed by atoms with E-state index in [1.54, 1.807) is 6.92 Å². The van der Waals surface area contributed by atoms with Crippen molar-refractivity contribution in [2.75, 3.05) is 18.7 Å². The Morgan fingerprint density at radius 2 is 1.81 bits per heavy atom. The zero-order chi connectivity index (χ0) is 25.2. The van der Waals surface area contributed by atoms with E-state index in [-0.39, 0.29) is 23.3 Å². The quantitative estimate of drug-likeness (QED) is 0.0590. The standard InChI is InChI=1S/C19H32Cl3NO7SSi/c1-11(30-32(7,8)19(3,4)5)14-16(22)23(17(14)24)15(12(2)29-31(6,26)27)18(25)28-10-13(21)9-20/h11,13-14,16H,9-10H2,1-8H3/b15-12+/t11-,13?,14-,16+/m1/s1. The number of carbonyl (C=O) groups excluding carboxylic acids is 2. The Labute approximate surface area is 206 Å². The predicted octanol–water partition coefficient (Wildman–Crippen LogP) is 4.02. The third kappa shape index (κ3) is 7.24. The Morgan fingerprint density at radius 1 is 1.28 bits per heavy atom. The minimum Gasteiger partial charge on any atom is -0.459 e. The van der Waals surface area contributed by atoms with E-state index in [0.29, 0.717) is 0 Å². The molecule has 1 amide bonds. The highest BCUT2D eigenvalue weighted by atomic mass is 35.5. The van der Waals surface area contributed by atoms with Gasteiger partial charge in [0.2, 0.25) is 5.91 Å². The summed E-state index contributed by atoms with van der Waals surface area (Å²) in [5.74, 6) is -2.55. The Bertz CT molecular complexity index is 857. The molecule has 8 nitrogen and oxygen atoms in total. The minimum atomic E-state index is -3.97. The highest BCUT2D eigenvalue weighted by Gasteiger charge is 2.55. The van der Waals surface area contributed by atoms with Crippen molar-refractivity contribution in [3.63, 3.8) is 0 Å². The molecule has 32 heavy (non-hydrogen) atoms. The van der Waals surface area contributed by atoms with E-state index in [1.807, 2.05) is 0 Å². The summed E-state index contributed by atoms with van der Waals surface area (Å²) >= 11 is 18.0. The zero-order valence-corrected chi connectivity index (χ0v) is 23.7. The van der Waals surface area contributed by atoms with Gasteiger partial charge in [0.25, 0.3) is 0 Å². The van der Waals surface area contributed by atoms with E-state index in [4.69, 9.17) is 48.1 Å². The van der Waals surface area contributed by atoms with Gasteiger partial charge in [-0.05, 0) is 32.0 Å². The molecule has 0 radical (unpaired) electrons. The second kappa shape index (κ2) is 10.8. The molecule has 1 heterocycles. The minimum absolute atomic E-state index is 0.0257. The third-order valence-corrected chi connectivity index (χ3v) is 11.9. The van der Waals surface area contributed by atoms with Crippen molar-refractivity contribution in [3.8, 4) is 0 Å². The van der Waals surface area contributed by atoms with Gasteiger partial charge < -0.3 is 13.3 Å². The van der Waals surface area contributed by atoms with E-state index in [2.05, 4.69) is 33.9 Å². The van der Waals surface area contributed by atoms with E-state index in [1.165, 1.54) is 6.92 Å². The predicted molar refractivity (Wildman–Crippen MR) is 128 cm³/mol. The molecule has 1 rings (SSSR count). The maximum absolute atomic E-state index is 13.0. The zero-order valence-electron chi connectivity index (χ0n) is 19.6. The first kappa shape index (κ1) is 29.5. The fourth-order valence-corrected chi connectivity index (χ4v) is 5.43. The fraction of sp³-hybridized carbons (Fsp3) is 0.789. The Kier molecular flexibility index (Phi) is 9.98. The van der Waals surface area contributed by atoms with Gasteiger partial charge in [0.15, 0.2) is 14.0 Å². The van der Waals surface area contributed by atoms with Crippen molar-refractivity contribution in [3.05, 3.63) is 11.5 Å². The van der Waals surface area contributed by atoms with E-state index >= 15 is 0 Å². The van der Waals surface area contributed by atoms with Crippen LogP contribution in [0.4, 0.5) is 0 Å². The maximum atomic E-state index is 13.0. The van der Waals surface area contributed by atoms with Crippen LogP contribution in [0, 0.1) is 5.92 Å². The van der Waals surface area contributed by atoms with Gasteiger partial charge in [-0.3, -0.25) is 9.69 Å². The van der Waals surface area contributed by atoms with Gasteiger partial charge in [0.1, 0.15) is 17.9 Å². The summed E-state index contributed by atoms with van der Waals surface area (Å²) in [4.78, 5) is 26.7. The van der Waals surface area contributed by atoms with Crippen LogP contribution in [-0.2, 0) is 33.1 Å². The molecule has 0 saturated carbocycles. The van der Waals surface area contributed by atoms with Crippen LogP contribution in [-0.4, -0.2) is 69.2 Å². The first-order valence-corrected chi connectivity index (χ1v) is 16.1. The molecule has 1 unspecified atom stereocenters. The Hall–Kier alpha value is -0.523. The number of likely N-dealkylation sites (tertiary alicyclic amines) is 1. The number of carbonyl (C=O) groups is 2. The number of hydrogen-bond acceptors (Lipinski definition) is 7. The molecule has 0 spiro atoms. The Morgan fingerprint density at radius 3 is 2.22 bits per heavy atom. The van der Waals surface area contributed by atoms with Crippen LogP contribution >= 0.6 is 34.8 Å². The van der Waals surface area contributed by atoms with Crippen LogP contribution in [0.15, 0.2) is 11.5 Å². The normalized spacial score (nSPS) is 22.6. The van der Waals surface area contributed by atoms with Gasteiger partial charge in [-0.1, -0.05) is 32.4 Å². The topological polar surface area (TPSA) is 99.2 Å². The number of allylic oxidation sites excluding steroid dienone is 1. The van der Waals surface area contributed by atoms with Gasteiger partial charge in [-0.25, -0.2) is 4.79 Å². The second-order valence-corrected chi connectivity index (χ2v) is 16.9. The number of alkyl halides is 3. The lowest BCUT2D eigenvalue weighted by Crippen LogP contribution is -2.63. The fourth-order valence-electron chi connectivity index (χ4n) is 2.81. The summed E-state index contributed by atoms with van der Waals surface area (Å²) in [6.07, 6.45) is 0.300. The first-order chi connectivity index (χ1) is 14.3. The average Bonchev–Trinajstić information content (AvgIpc) is 2.60. The molecular weight excluding hydrogens is 521 g/mol. The lowest BCUT2D eigenvalue weighted by atomic mass is 9.92. The number of nitrogens with zero attached hydrogens (tertiary/aromatic N) is 1. The summed E-state index contributed by atoms with van der Waals surface area (Å²) in [6.45, 7) is 13.1. The molecule has 13 heteroatoms. The Balaban J connectivity index is 3.19. The highest BCUT2D eigenvalue weighted by Crippen LogP contribution is 2.42. The van der Waals surface area contributed by atoms with Crippen molar-refractivity contribution < 1.29 is 31.4 Å². The molecule has 0 aliphatic carbocycles. The lowest BCUT2D eigenvalue weighted by molar-refractivity contribution is -0.159. The van der Waals surface area contributed by atoms with Crippen molar-refractivity contribution in [1.82, 2.24) is 4.90 Å². The smallest absolute Gasteiger partial charge is 0.358 e. The summed E-state index contributed by atoms with van der Waals surface area (Å²) in [5.41, 5.74) is -1.38. The molecule has 1 fully saturated rings. The number of rotatable bonds is 10. The van der Waals surface area contributed by atoms with Gasteiger partial charge in [0, 0.05) is 5.88 Å². The average molecular weight is 553 g/mol. The first-order valence-electron chi connectivity index (χ1n) is 9.96. The number of amides is 1. The van der Waals surface area contributed by atoms with E-state index < -0.39 is 58.9 Å². The van der Waals surface area contributed by atoms with Crippen LogP contribution < -0.4 is 0 Å². The number of β-lactam (4-membered cyclic amide) rings is 1.